The van der Waals surface area contributed by atoms with Crippen LogP contribution in [0.3, 0.4) is 0 Å². The normalized spacial score (nSPS) is 11.4. The van der Waals surface area contributed by atoms with Crippen molar-refractivity contribution in [2.75, 3.05) is 11.9 Å². The van der Waals surface area contributed by atoms with E-state index in [9.17, 15) is 0 Å². The largest absolute Gasteiger partial charge is 0.454 e. The van der Waals surface area contributed by atoms with Crippen molar-refractivity contribution < 1.29 is 4.42 Å². The molecule has 0 amide bonds. The maximum Gasteiger partial charge on any atom is 0.243 e. The molecular weight excluding hydrogens is 362 g/mol. The average molecular weight is 377 g/mol. The highest BCUT2D eigenvalue weighted by Gasteiger charge is 2.10. The number of benzene rings is 1. The standard InChI is InChI=1S/C18H15N7OS/c1-11-24-25-10-13(21-18(25)27-11)6-7-19-17-22-14(9-20-23-17)16-8-12-4-2-3-5-15(12)26-16/h2-5,8-10H,6-7H2,1H3,(H,19,22,23). The summed E-state index contributed by atoms with van der Waals surface area (Å²) < 4.78 is 7.66. The van der Waals surface area contributed by atoms with Crippen molar-refractivity contribution in [2.45, 2.75) is 13.3 Å². The molecule has 0 atom stereocenters. The summed E-state index contributed by atoms with van der Waals surface area (Å²) in [7, 11) is 0. The lowest BCUT2D eigenvalue weighted by Gasteiger charge is -2.03. The predicted octanol–water partition coefficient (Wildman–Crippen LogP) is 3.35. The van der Waals surface area contributed by atoms with E-state index in [1.54, 1.807) is 17.5 Å². The van der Waals surface area contributed by atoms with Crippen molar-refractivity contribution in [3.8, 4) is 11.5 Å². The van der Waals surface area contributed by atoms with E-state index in [1.807, 2.05) is 48.0 Å². The van der Waals surface area contributed by atoms with E-state index < -0.39 is 0 Å². The fraction of sp³-hybridized carbons (Fsp3) is 0.167. The molecule has 0 spiro atoms. The number of fused-ring (bicyclic) bond motifs is 2. The lowest BCUT2D eigenvalue weighted by molar-refractivity contribution is 0.627. The number of anilines is 1. The van der Waals surface area contributed by atoms with Crippen LogP contribution >= 0.6 is 11.3 Å². The van der Waals surface area contributed by atoms with Crippen LogP contribution < -0.4 is 5.32 Å². The second kappa shape index (κ2) is 6.44. The zero-order chi connectivity index (χ0) is 18.2. The quantitative estimate of drug-likeness (QED) is 0.502. The highest BCUT2D eigenvalue weighted by molar-refractivity contribution is 7.16. The number of aryl methyl sites for hydroxylation is 1. The number of aromatic nitrogens is 6. The van der Waals surface area contributed by atoms with Crippen LogP contribution in [-0.2, 0) is 6.42 Å². The number of rotatable bonds is 5. The monoisotopic (exact) mass is 377 g/mol. The van der Waals surface area contributed by atoms with E-state index in [1.165, 1.54) is 0 Å². The first-order valence-electron chi connectivity index (χ1n) is 8.49. The van der Waals surface area contributed by atoms with Crippen molar-refractivity contribution in [1.29, 1.82) is 0 Å². The van der Waals surface area contributed by atoms with Crippen molar-refractivity contribution >= 4 is 33.2 Å². The molecule has 0 fully saturated rings. The summed E-state index contributed by atoms with van der Waals surface area (Å²) in [5.41, 5.74) is 2.44. The van der Waals surface area contributed by atoms with Gasteiger partial charge in [-0.1, -0.05) is 29.5 Å². The third kappa shape index (κ3) is 3.13. The van der Waals surface area contributed by atoms with Crippen LogP contribution in [0.25, 0.3) is 27.4 Å². The zero-order valence-electron chi connectivity index (χ0n) is 14.5. The van der Waals surface area contributed by atoms with Gasteiger partial charge < -0.3 is 9.73 Å². The van der Waals surface area contributed by atoms with Crippen molar-refractivity contribution in [1.82, 2.24) is 29.8 Å². The molecule has 0 bridgehead atoms. The Morgan fingerprint density at radius 2 is 2.15 bits per heavy atom. The summed E-state index contributed by atoms with van der Waals surface area (Å²) in [5, 5.41) is 17.7. The van der Waals surface area contributed by atoms with E-state index in [2.05, 4.69) is 30.6 Å². The first kappa shape index (κ1) is 15.9. The van der Waals surface area contributed by atoms with Crippen LogP contribution in [0.2, 0.25) is 0 Å². The summed E-state index contributed by atoms with van der Waals surface area (Å²) in [5.74, 6) is 1.13. The Morgan fingerprint density at radius 3 is 3.04 bits per heavy atom. The Balaban J connectivity index is 1.29. The second-order valence-corrected chi connectivity index (χ2v) is 7.23. The molecule has 5 rings (SSSR count). The topological polar surface area (TPSA) is 94.0 Å². The van der Waals surface area contributed by atoms with Gasteiger partial charge in [0.05, 0.1) is 18.1 Å². The Kier molecular flexibility index (Phi) is 3.79. The molecule has 0 saturated carbocycles. The highest BCUT2D eigenvalue weighted by atomic mass is 32.1. The number of para-hydroxylation sites is 1. The van der Waals surface area contributed by atoms with Crippen molar-refractivity contribution in [3.63, 3.8) is 0 Å². The molecule has 0 aliphatic carbocycles. The number of furan rings is 1. The van der Waals surface area contributed by atoms with Gasteiger partial charge in [0.2, 0.25) is 10.9 Å². The van der Waals surface area contributed by atoms with E-state index in [0.717, 1.165) is 33.1 Å². The van der Waals surface area contributed by atoms with Gasteiger partial charge in [-0.3, -0.25) is 0 Å². The van der Waals surface area contributed by atoms with Gasteiger partial charge in [0, 0.05) is 18.4 Å². The van der Waals surface area contributed by atoms with Gasteiger partial charge in [-0.15, -0.1) is 5.10 Å². The summed E-state index contributed by atoms with van der Waals surface area (Å²) in [4.78, 5) is 9.97. The highest BCUT2D eigenvalue weighted by Crippen LogP contribution is 2.26. The molecule has 9 heteroatoms. The molecular formula is C18H15N7OS. The molecule has 8 nitrogen and oxygen atoms in total. The molecule has 5 aromatic rings. The predicted molar refractivity (Wildman–Crippen MR) is 103 cm³/mol. The smallest absolute Gasteiger partial charge is 0.243 e. The Bertz CT molecular complexity index is 1170. The van der Waals surface area contributed by atoms with E-state index in [-0.39, 0.29) is 0 Å². The minimum Gasteiger partial charge on any atom is -0.454 e. The van der Waals surface area contributed by atoms with Gasteiger partial charge in [-0.25, -0.2) is 14.5 Å². The number of hydrogen-bond donors (Lipinski definition) is 1. The first-order valence-corrected chi connectivity index (χ1v) is 9.30. The number of hydrogen-bond acceptors (Lipinski definition) is 8. The molecule has 1 aromatic carbocycles. The minimum atomic E-state index is 0.461. The molecule has 27 heavy (non-hydrogen) atoms. The maximum atomic E-state index is 5.84. The van der Waals surface area contributed by atoms with Gasteiger partial charge in [-0.2, -0.15) is 10.2 Å². The Labute approximate surface area is 157 Å². The number of imidazole rings is 1. The lowest BCUT2D eigenvalue weighted by Crippen LogP contribution is -2.09. The van der Waals surface area contributed by atoms with Gasteiger partial charge >= 0.3 is 0 Å². The molecule has 0 saturated heterocycles. The molecule has 0 radical (unpaired) electrons. The molecule has 0 unspecified atom stereocenters. The molecule has 0 aliphatic heterocycles. The van der Waals surface area contributed by atoms with Crippen molar-refractivity contribution in [3.05, 3.63) is 53.4 Å². The van der Waals surface area contributed by atoms with Crippen LogP contribution in [-0.4, -0.2) is 36.3 Å². The second-order valence-electron chi connectivity index (χ2n) is 6.07. The van der Waals surface area contributed by atoms with Crippen LogP contribution in [0.5, 0.6) is 0 Å². The summed E-state index contributed by atoms with van der Waals surface area (Å²) in [6, 6.07) is 9.80. The number of nitrogens with one attached hydrogen (secondary N) is 1. The van der Waals surface area contributed by atoms with Crippen LogP contribution in [0, 0.1) is 6.92 Å². The zero-order valence-corrected chi connectivity index (χ0v) is 15.3. The lowest BCUT2D eigenvalue weighted by atomic mass is 10.2. The summed E-state index contributed by atoms with van der Waals surface area (Å²) in [6.45, 7) is 2.62. The van der Waals surface area contributed by atoms with E-state index >= 15 is 0 Å². The average Bonchev–Trinajstić information content (AvgIpc) is 3.34. The summed E-state index contributed by atoms with van der Waals surface area (Å²) in [6.07, 6.45) is 4.29. The minimum absolute atomic E-state index is 0.461. The Hall–Kier alpha value is -3.33. The van der Waals surface area contributed by atoms with Crippen LogP contribution in [0.15, 0.2) is 47.1 Å². The summed E-state index contributed by atoms with van der Waals surface area (Å²) >= 11 is 1.58. The maximum absolute atomic E-state index is 5.84. The molecule has 4 heterocycles. The molecule has 0 aliphatic rings. The van der Waals surface area contributed by atoms with Crippen LogP contribution in [0.4, 0.5) is 5.95 Å². The van der Waals surface area contributed by atoms with Gasteiger partial charge in [0.15, 0.2) is 5.76 Å². The van der Waals surface area contributed by atoms with Gasteiger partial charge in [0.1, 0.15) is 16.3 Å². The number of nitrogens with zero attached hydrogens (tertiary/aromatic N) is 6. The van der Waals surface area contributed by atoms with Gasteiger partial charge in [-0.05, 0) is 19.1 Å². The van der Waals surface area contributed by atoms with Crippen LogP contribution in [0.1, 0.15) is 10.7 Å². The van der Waals surface area contributed by atoms with Gasteiger partial charge in [0.25, 0.3) is 0 Å². The molecule has 134 valence electrons. The first-order chi connectivity index (χ1) is 13.2. The third-order valence-corrected chi connectivity index (χ3v) is 4.93. The third-order valence-electron chi connectivity index (χ3n) is 4.10. The Morgan fingerprint density at radius 1 is 1.22 bits per heavy atom. The fourth-order valence-electron chi connectivity index (χ4n) is 2.87. The molecule has 4 aromatic heterocycles. The fourth-order valence-corrected chi connectivity index (χ4v) is 3.62. The SMILES string of the molecule is Cc1nn2cc(CCNc3nncc(-c4cc5ccccc5o4)n3)nc2s1. The van der Waals surface area contributed by atoms with Crippen molar-refractivity contribution in [2.24, 2.45) is 0 Å². The van der Waals surface area contributed by atoms with E-state index in [0.29, 0.717) is 23.9 Å². The molecule has 1 N–H and O–H groups in total. The van der Waals surface area contributed by atoms with E-state index in [4.69, 9.17) is 4.42 Å².